The molecule has 1 amide bonds. The van der Waals surface area contributed by atoms with Gasteiger partial charge in [0.2, 0.25) is 5.91 Å². The second kappa shape index (κ2) is 6.69. The van der Waals surface area contributed by atoms with Crippen molar-refractivity contribution in [2.75, 3.05) is 6.54 Å². The largest absolute Gasteiger partial charge is 0.392 e. The van der Waals surface area contributed by atoms with Crippen LogP contribution in [0, 0.1) is 11.3 Å². The first-order valence-electron chi connectivity index (χ1n) is 7.73. The molecular formula is C15H26N2OS. The van der Waals surface area contributed by atoms with Crippen LogP contribution in [-0.4, -0.2) is 17.4 Å². The van der Waals surface area contributed by atoms with E-state index >= 15 is 0 Å². The summed E-state index contributed by atoms with van der Waals surface area (Å²) in [6, 6.07) is 0. The Labute approximate surface area is 121 Å². The molecule has 0 aliphatic heterocycles. The highest BCUT2D eigenvalue weighted by molar-refractivity contribution is 7.80. The minimum Gasteiger partial charge on any atom is -0.392 e. The van der Waals surface area contributed by atoms with Crippen LogP contribution in [0.15, 0.2) is 0 Å². The van der Waals surface area contributed by atoms with Gasteiger partial charge in [0.15, 0.2) is 0 Å². The van der Waals surface area contributed by atoms with Crippen molar-refractivity contribution >= 4 is 23.1 Å². The summed E-state index contributed by atoms with van der Waals surface area (Å²) in [7, 11) is 0. The van der Waals surface area contributed by atoms with E-state index in [1.165, 1.54) is 32.1 Å². The van der Waals surface area contributed by atoms with E-state index in [9.17, 15) is 4.79 Å². The molecule has 2 rings (SSSR count). The Morgan fingerprint density at radius 3 is 2.42 bits per heavy atom. The van der Waals surface area contributed by atoms with Gasteiger partial charge in [-0.15, -0.1) is 0 Å². The zero-order valence-corrected chi connectivity index (χ0v) is 12.6. The molecule has 0 aromatic heterocycles. The molecular weight excluding hydrogens is 256 g/mol. The van der Waals surface area contributed by atoms with Crippen LogP contribution in [0.25, 0.3) is 0 Å². The number of carbonyl (C=O) groups is 1. The van der Waals surface area contributed by atoms with Gasteiger partial charge in [0.25, 0.3) is 0 Å². The molecule has 0 atom stereocenters. The van der Waals surface area contributed by atoms with E-state index < -0.39 is 5.41 Å². The molecule has 3 N–H and O–H groups in total. The smallest absolute Gasteiger partial charge is 0.233 e. The summed E-state index contributed by atoms with van der Waals surface area (Å²) in [6.45, 7) is 0.777. The van der Waals surface area contributed by atoms with Gasteiger partial charge in [-0.1, -0.05) is 50.7 Å². The third-order valence-electron chi connectivity index (χ3n) is 4.91. The summed E-state index contributed by atoms with van der Waals surface area (Å²) in [5.41, 5.74) is 5.27. The number of carbonyl (C=O) groups excluding carboxylic acids is 1. The van der Waals surface area contributed by atoms with E-state index in [0.29, 0.717) is 4.99 Å². The lowest BCUT2D eigenvalue weighted by Crippen LogP contribution is -2.47. The molecule has 2 saturated carbocycles. The van der Waals surface area contributed by atoms with E-state index in [1.807, 2.05) is 0 Å². The van der Waals surface area contributed by atoms with Gasteiger partial charge in [-0.05, 0) is 31.6 Å². The van der Waals surface area contributed by atoms with Crippen molar-refractivity contribution in [3.05, 3.63) is 0 Å². The number of hydrogen-bond acceptors (Lipinski definition) is 2. The molecule has 0 heterocycles. The Kier molecular flexibility index (Phi) is 5.20. The van der Waals surface area contributed by atoms with Crippen molar-refractivity contribution in [1.29, 1.82) is 0 Å². The predicted molar refractivity (Wildman–Crippen MR) is 81.9 cm³/mol. The Balaban J connectivity index is 1.72. The molecule has 2 aliphatic rings. The lowest BCUT2D eigenvalue weighted by atomic mass is 9.85. The Morgan fingerprint density at radius 1 is 1.21 bits per heavy atom. The maximum absolute atomic E-state index is 12.3. The van der Waals surface area contributed by atoms with Crippen LogP contribution >= 0.6 is 12.2 Å². The maximum atomic E-state index is 12.3. The fourth-order valence-electron chi connectivity index (χ4n) is 3.62. The standard InChI is InChI=1S/C15H26N2OS/c16-13(19)15(9-3-4-10-15)14(18)17-11-5-8-12-6-1-2-7-12/h12H,1-11H2,(H2,16,19)(H,17,18). The molecule has 0 spiro atoms. The van der Waals surface area contributed by atoms with E-state index in [0.717, 1.165) is 44.6 Å². The highest BCUT2D eigenvalue weighted by atomic mass is 32.1. The fraction of sp³-hybridized carbons (Fsp3) is 0.867. The first kappa shape index (κ1) is 14.8. The summed E-state index contributed by atoms with van der Waals surface area (Å²) < 4.78 is 0. The lowest BCUT2D eigenvalue weighted by Gasteiger charge is -2.26. The number of thiocarbonyl (C=S) groups is 1. The first-order valence-corrected chi connectivity index (χ1v) is 8.14. The molecule has 4 heteroatoms. The van der Waals surface area contributed by atoms with Crippen molar-refractivity contribution in [1.82, 2.24) is 5.32 Å². The highest BCUT2D eigenvalue weighted by Crippen LogP contribution is 2.38. The van der Waals surface area contributed by atoms with E-state index in [-0.39, 0.29) is 5.91 Å². The zero-order valence-electron chi connectivity index (χ0n) is 11.7. The minimum absolute atomic E-state index is 0.0731. The van der Waals surface area contributed by atoms with Crippen LogP contribution < -0.4 is 11.1 Å². The Hall–Kier alpha value is -0.640. The fourth-order valence-corrected chi connectivity index (χ4v) is 3.92. The van der Waals surface area contributed by atoms with E-state index in [1.54, 1.807) is 0 Å². The summed E-state index contributed by atoms with van der Waals surface area (Å²) in [5.74, 6) is 0.969. The molecule has 0 saturated heterocycles. The number of hydrogen-bond donors (Lipinski definition) is 2. The molecule has 108 valence electrons. The van der Waals surface area contributed by atoms with Crippen molar-refractivity contribution in [2.45, 2.75) is 64.2 Å². The topological polar surface area (TPSA) is 55.1 Å². The van der Waals surface area contributed by atoms with Gasteiger partial charge in [0, 0.05) is 6.54 Å². The molecule has 3 nitrogen and oxygen atoms in total. The molecule has 2 fully saturated rings. The van der Waals surface area contributed by atoms with Crippen LogP contribution in [0.5, 0.6) is 0 Å². The molecule has 0 aromatic carbocycles. The Morgan fingerprint density at radius 2 is 1.84 bits per heavy atom. The molecule has 19 heavy (non-hydrogen) atoms. The summed E-state index contributed by atoms with van der Waals surface area (Å²) in [4.78, 5) is 12.7. The van der Waals surface area contributed by atoms with Crippen LogP contribution in [0.4, 0.5) is 0 Å². The normalized spacial score (nSPS) is 22.5. The Bertz CT molecular complexity index is 331. The summed E-state index contributed by atoms with van der Waals surface area (Å²) in [5, 5.41) is 3.06. The lowest BCUT2D eigenvalue weighted by molar-refractivity contribution is -0.127. The van der Waals surface area contributed by atoms with Crippen molar-refractivity contribution in [2.24, 2.45) is 17.1 Å². The third kappa shape index (κ3) is 3.47. The van der Waals surface area contributed by atoms with Gasteiger partial charge >= 0.3 is 0 Å². The van der Waals surface area contributed by atoms with Crippen LogP contribution in [0.2, 0.25) is 0 Å². The number of amides is 1. The van der Waals surface area contributed by atoms with Crippen molar-refractivity contribution in [3.63, 3.8) is 0 Å². The van der Waals surface area contributed by atoms with E-state index in [4.69, 9.17) is 18.0 Å². The summed E-state index contributed by atoms with van der Waals surface area (Å²) in [6.07, 6.45) is 11.7. The second-order valence-electron chi connectivity index (χ2n) is 6.20. The molecule has 0 aromatic rings. The van der Waals surface area contributed by atoms with Crippen LogP contribution in [0.1, 0.15) is 64.2 Å². The third-order valence-corrected chi connectivity index (χ3v) is 5.30. The van der Waals surface area contributed by atoms with Gasteiger partial charge in [-0.25, -0.2) is 0 Å². The first-order chi connectivity index (χ1) is 9.15. The minimum atomic E-state index is -0.539. The predicted octanol–water partition coefficient (Wildman–Crippen LogP) is 2.92. The molecule has 0 unspecified atom stereocenters. The molecule has 0 bridgehead atoms. The summed E-state index contributed by atoms with van der Waals surface area (Å²) >= 11 is 5.13. The average molecular weight is 282 g/mol. The average Bonchev–Trinajstić information content (AvgIpc) is 3.05. The maximum Gasteiger partial charge on any atom is 0.233 e. The number of rotatable bonds is 6. The van der Waals surface area contributed by atoms with Gasteiger partial charge in [0.05, 0.1) is 10.4 Å². The highest BCUT2D eigenvalue weighted by Gasteiger charge is 2.43. The van der Waals surface area contributed by atoms with E-state index in [2.05, 4.69) is 5.32 Å². The quantitative estimate of drug-likeness (QED) is 0.582. The van der Waals surface area contributed by atoms with Crippen molar-refractivity contribution in [3.8, 4) is 0 Å². The monoisotopic (exact) mass is 282 g/mol. The van der Waals surface area contributed by atoms with Crippen LogP contribution in [-0.2, 0) is 4.79 Å². The molecule has 2 aliphatic carbocycles. The van der Waals surface area contributed by atoms with Gasteiger partial charge in [0.1, 0.15) is 0 Å². The van der Waals surface area contributed by atoms with Crippen LogP contribution in [0.3, 0.4) is 0 Å². The second-order valence-corrected chi connectivity index (χ2v) is 6.64. The van der Waals surface area contributed by atoms with Gasteiger partial charge in [-0.2, -0.15) is 0 Å². The number of nitrogens with two attached hydrogens (primary N) is 1. The van der Waals surface area contributed by atoms with Gasteiger partial charge < -0.3 is 11.1 Å². The number of nitrogens with one attached hydrogen (secondary N) is 1. The van der Waals surface area contributed by atoms with Gasteiger partial charge in [-0.3, -0.25) is 4.79 Å². The molecule has 0 radical (unpaired) electrons. The van der Waals surface area contributed by atoms with Crippen molar-refractivity contribution < 1.29 is 4.79 Å². The SMILES string of the molecule is NC(=S)C1(C(=O)NCCCC2CCCC2)CCCC1. The zero-order chi connectivity index (χ0) is 13.7.